The summed E-state index contributed by atoms with van der Waals surface area (Å²) in [6, 6.07) is 0. The average molecular weight is 1440 g/mol. The molecule has 0 bridgehead atoms. The molecule has 1 saturated carbocycles. The third-order valence-electron chi connectivity index (χ3n) is 19.1. The Bertz CT molecular complexity index is 2140. The van der Waals surface area contributed by atoms with Crippen LogP contribution in [-0.2, 0) is 61.2 Å². The molecule has 0 aromatic heterocycles. The molecule has 2 aliphatic heterocycles. The minimum absolute atomic E-state index is 0.0383. The van der Waals surface area contributed by atoms with Crippen LogP contribution in [0, 0.1) is 0 Å². The number of aliphatic hydroxyl groups is 10. The lowest BCUT2D eigenvalue weighted by Gasteiger charge is -2.49. The lowest BCUT2D eigenvalue weighted by atomic mass is 9.84. The monoisotopic (exact) mass is 1440 g/mol. The van der Waals surface area contributed by atoms with Gasteiger partial charge >= 0.3 is 25.7 Å². The number of phosphoric ester groups is 1. The standard InChI is InChI=1S/C74H135O24P/c1-4-7-10-13-16-19-22-25-28-31-33-36-39-42-45-48-58(76)90-52-55(93-60(78)50-47-44-41-38-35-30-27-24-21-18-15-12-9-6-3)53-92-99(88,89)98-72-70(96-73-68(86)63(81)61(79)56(51-75)94-73)66(84)65(83)67(85)71(72)97-74-69(87)64(82)62(80)57(95-74)54-91-59(77)49-46-43-40-37-34-32-29-26-23-20-17-14-11-8-5-2/h40,43,46,49,55-57,61-75,79-87H,4-39,41-42,44-45,47-48,50-54H2,1-3H3,(H,88,89)/b43-40+,49-46+. The van der Waals surface area contributed by atoms with Gasteiger partial charge in [-0.25, -0.2) is 9.36 Å². The number of carbonyl (C=O) groups excluding carboxylic acids is 3. The first kappa shape index (κ1) is 90.7. The first-order chi connectivity index (χ1) is 47.8. The zero-order valence-corrected chi connectivity index (χ0v) is 61.4. The Kier molecular flexibility index (Phi) is 51.2. The van der Waals surface area contributed by atoms with Gasteiger partial charge in [0, 0.05) is 18.9 Å². The zero-order valence-electron chi connectivity index (χ0n) is 60.5. The molecule has 2 saturated heterocycles. The topological polar surface area (TPSA) is 374 Å². The second-order valence-electron chi connectivity index (χ2n) is 27.8. The molecule has 580 valence electrons. The van der Waals surface area contributed by atoms with E-state index in [1.54, 1.807) is 6.08 Å². The number of aliphatic hydroxyl groups excluding tert-OH is 10. The summed E-state index contributed by atoms with van der Waals surface area (Å²) in [5, 5.41) is 110. The summed E-state index contributed by atoms with van der Waals surface area (Å²) in [4.78, 5) is 50.9. The quantitative estimate of drug-likeness (QED) is 0.00673. The molecule has 3 fully saturated rings. The number of carbonyl (C=O) groups is 3. The molecule has 0 aromatic rings. The largest absolute Gasteiger partial charge is 0.472 e. The molecule has 0 amide bonds. The number of allylic oxidation sites excluding steroid dienone is 3. The smallest absolute Gasteiger partial charge is 0.462 e. The van der Waals surface area contributed by atoms with Gasteiger partial charge in [0.15, 0.2) is 18.7 Å². The van der Waals surface area contributed by atoms with Crippen LogP contribution in [0.5, 0.6) is 0 Å². The summed E-state index contributed by atoms with van der Waals surface area (Å²) in [5.74, 6) is -2.21. The lowest BCUT2D eigenvalue weighted by molar-refractivity contribution is -0.360. The van der Waals surface area contributed by atoms with Crippen molar-refractivity contribution in [2.45, 2.75) is 401 Å². The van der Waals surface area contributed by atoms with Crippen LogP contribution in [0.15, 0.2) is 24.3 Å². The number of hydrogen-bond donors (Lipinski definition) is 11. The van der Waals surface area contributed by atoms with Crippen molar-refractivity contribution in [3.63, 3.8) is 0 Å². The average Bonchev–Trinajstić information content (AvgIpc) is 0.762. The van der Waals surface area contributed by atoms with E-state index in [1.807, 2.05) is 6.08 Å². The Morgan fingerprint density at radius 2 is 0.778 bits per heavy atom. The van der Waals surface area contributed by atoms with E-state index < -0.39 is 156 Å². The molecule has 18 unspecified atom stereocenters. The molecule has 25 heteroatoms. The third kappa shape index (κ3) is 38.9. The van der Waals surface area contributed by atoms with Gasteiger partial charge in [0.1, 0.15) is 98.7 Å². The van der Waals surface area contributed by atoms with Crippen molar-refractivity contribution in [1.82, 2.24) is 0 Å². The van der Waals surface area contributed by atoms with Gasteiger partial charge in [0.05, 0.1) is 13.2 Å². The maximum absolute atomic E-state index is 14.3. The minimum atomic E-state index is -5.70. The fourth-order valence-corrected chi connectivity index (χ4v) is 13.8. The molecule has 1 aliphatic carbocycles. The first-order valence-corrected chi connectivity index (χ1v) is 40.2. The maximum atomic E-state index is 14.3. The van der Waals surface area contributed by atoms with E-state index in [0.29, 0.717) is 12.8 Å². The Labute approximate surface area is 592 Å². The number of ether oxygens (including phenoxy) is 7. The van der Waals surface area contributed by atoms with Crippen LogP contribution in [0.4, 0.5) is 0 Å². The summed E-state index contributed by atoms with van der Waals surface area (Å²) in [6.07, 6.45) is 17.2. The van der Waals surface area contributed by atoms with Crippen LogP contribution in [-0.4, -0.2) is 204 Å². The Balaban J connectivity index is 1.74. The SMILES string of the molecule is CCCCCCCCCCCCC/C=C/C=C/C(=O)OCC1OC(OC2C(O)C(O)C(O)C(OC3OC(CO)C(O)C(O)C3O)C2OP(=O)(O)OCC(COC(=O)CCCCCCCCCCCCCCCCC)OC(=O)CCCCCCCCCCCCCCCC)C(O)C(O)C1O. The van der Waals surface area contributed by atoms with E-state index in [-0.39, 0.29) is 12.8 Å². The van der Waals surface area contributed by atoms with Gasteiger partial charge in [-0.15, -0.1) is 0 Å². The van der Waals surface area contributed by atoms with E-state index in [0.717, 1.165) is 89.5 Å². The van der Waals surface area contributed by atoms with Gasteiger partial charge in [0.25, 0.3) is 0 Å². The van der Waals surface area contributed by atoms with Crippen LogP contribution >= 0.6 is 7.82 Å². The van der Waals surface area contributed by atoms with E-state index in [2.05, 4.69) is 20.8 Å². The molecule has 2 heterocycles. The van der Waals surface area contributed by atoms with Crippen LogP contribution < -0.4 is 0 Å². The Hall–Kier alpha value is -2.56. The number of hydrogen-bond acceptors (Lipinski definition) is 23. The van der Waals surface area contributed by atoms with E-state index in [1.165, 1.54) is 173 Å². The molecule has 0 radical (unpaired) electrons. The van der Waals surface area contributed by atoms with Crippen molar-refractivity contribution < 1.29 is 117 Å². The summed E-state index contributed by atoms with van der Waals surface area (Å²) >= 11 is 0. The predicted octanol–water partition coefficient (Wildman–Crippen LogP) is 10.9. The van der Waals surface area contributed by atoms with Gasteiger partial charge in [-0.05, 0) is 25.7 Å². The van der Waals surface area contributed by atoms with Crippen molar-refractivity contribution in [2.24, 2.45) is 0 Å². The predicted molar refractivity (Wildman–Crippen MR) is 374 cm³/mol. The molecule has 11 N–H and O–H groups in total. The highest BCUT2D eigenvalue weighted by molar-refractivity contribution is 7.47. The number of unbranched alkanes of at least 4 members (excludes halogenated alkanes) is 38. The highest BCUT2D eigenvalue weighted by Gasteiger charge is 2.58. The van der Waals surface area contributed by atoms with Gasteiger partial charge in [-0.1, -0.05) is 277 Å². The number of esters is 3. The van der Waals surface area contributed by atoms with Crippen molar-refractivity contribution in [2.75, 3.05) is 26.4 Å². The van der Waals surface area contributed by atoms with E-state index >= 15 is 0 Å². The molecule has 0 spiro atoms. The summed E-state index contributed by atoms with van der Waals surface area (Å²) < 4.78 is 64.9. The van der Waals surface area contributed by atoms with Gasteiger partial charge in [-0.2, -0.15) is 0 Å². The maximum Gasteiger partial charge on any atom is 0.472 e. The molecule has 99 heavy (non-hydrogen) atoms. The van der Waals surface area contributed by atoms with Crippen LogP contribution in [0.3, 0.4) is 0 Å². The Morgan fingerprint density at radius 3 is 1.19 bits per heavy atom. The molecule has 3 rings (SSSR count). The fraction of sp³-hybridized carbons (Fsp3) is 0.905. The van der Waals surface area contributed by atoms with Crippen LogP contribution in [0.25, 0.3) is 0 Å². The van der Waals surface area contributed by atoms with Gasteiger partial charge in [-0.3, -0.25) is 18.6 Å². The molecule has 0 aromatic carbocycles. The van der Waals surface area contributed by atoms with Gasteiger partial charge < -0.3 is 89.1 Å². The molecule has 3 aliphatic rings. The highest BCUT2D eigenvalue weighted by atomic mass is 31.2. The molecular formula is C74H135O24P. The summed E-state index contributed by atoms with van der Waals surface area (Å²) in [7, 11) is -5.70. The van der Waals surface area contributed by atoms with Gasteiger partial charge in [0.2, 0.25) is 0 Å². The molecule has 24 nitrogen and oxygen atoms in total. The van der Waals surface area contributed by atoms with Crippen LogP contribution in [0.1, 0.15) is 297 Å². The van der Waals surface area contributed by atoms with Crippen molar-refractivity contribution in [3.05, 3.63) is 24.3 Å². The lowest BCUT2D eigenvalue weighted by Crippen LogP contribution is -2.69. The van der Waals surface area contributed by atoms with Crippen LogP contribution in [0.2, 0.25) is 0 Å². The summed E-state index contributed by atoms with van der Waals surface area (Å²) in [6.45, 7) is 3.38. The van der Waals surface area contributed by atoms with E-state index in [9.17, 15) is 74.9 Å². The van der Waals surface area contributed by atoms with Crippen molar-refractivity contribution >= 4 is 25.7 Å². The molecular weight excluding hydrogens is 1300 g/mol. The Morgan fingerprint density at radius 1 is 0.414 bits per heavy atom. The second-order valence-corrected chi connectivity index (χ2v) is 29.2. The van der Waals surface area contributed by atoms with Crippen molar-refractivity contribution in [3.8, 4) is 0 Å². The third-order valence-corrected chi connectivity index (χ3v) is 20.1. The molecule has 18 atom stereocenters. The minimum Gasteiger partial charge on any atom is -0.462 e. The summed E-state index contributed by atoms with van der Waals surface area (Å²) in [5.41, 5.74) is 0. The van der Waals surface area contributed by atoms with E-state index in [4.69, 9.17) is 42.2 Å². The number of rotatable bonds is 60. The van der Waals surface area contributed by atoms with Crippen molar-refractivity contribution in [1.29, 1.82) is 0 Å². The first-order valence-electron chi connectivity index (χ1n) is 38.7. The zero-order chi connectivity index (χ0) is 72.5. The second kappa shape index (κ2) is 55.9. The number of phosphoric acid groups is 1. The normalized spacial score (nSPS) is 27.6. The fourth-order valence-electron chi connectivity index (χ4n) is 12.8. The highest BCUT2D eigenvalue weighted by Crippen LogP contribution is 2.49.